The molecule has 0 bridgehead atoms. The predicted octanol–water partition coefficient (Wildman–Crippen LogP) is 2.34. The lowest BCUT2D eigenvalue weighted by Crippen LogP contribution is -1.93. The van der Waals surface area contributed by atoms with Gasteiger partial charge in [-0.15, -0.1) is 0 Å². The van der Waals surface area contributed by atoms with Gasteiger partial charge in [0.05, 0.1) is 0 Å². The number of hydrogen-bond acceptors (Lipinski definition) is 6. The zero-order chi connectivity index (χ0) is 13.9. The topological polar surface area (TPSA) is 90.7 Å². The first-order chi connectivity index (χ1) is 9.78. The Hall–Kier alpha value is -2.76. The average Bonchev–Trinajstić information content (AvgIpc) is 2.97. The van der Waals surface area contributed by atoms with Gasteiger partial charge in [0.1, 0.15) is 11.5 Å². The normalized spacial score (nSPS) is 10.7. The number of anilines is 1. The van der Waals surface area contributed by atoms with E-state index in [-0.39, 0.29) is 0 Å². The smallest absolute Gasteiger partial charge is 0.258 e. The fourth-order valence-corrected chi connectivity index (χ4v) is 1.94. The van der Waals surface area contributed by atoms with Gasteiger partial charge in [-0.05, 0) is 30.2 Å². The van der Waals surface area contributed by atoms with Crippen molar-refractivity contribution in [1.29, 1.82) is 0 Å². The van der Waals surface area contributed by atoms with Crippen LogP contribution in [0.2, 0.25) is 0 Å². The largest absolute Gasteiger partial charge is 0.384 e. The standard InChI is InChI=1S/C14H13N5O/c1-2-9-4-3-6-17-12(9)13-18-14(20-19-13)10-5-7-16-11(15)8-10/h3-8H,2H2,1H3,(H2,15,16). The molecule has 0 aromatic carbocycles. The van der Waals surface area contributed by atoms with Crippen LogP contribution in [0.1, 0.15) is 12.5 Å². The molecule has 2 N–H and O–H groups in total. The Bertz CT molecular complexity index is 738. The maximum absolute atomic E-state index is 5.65. The van der Waals surface area contributed by atoms with E-state index < -0.39 is 0 Å². The number of pyridine rings is 2. The molecule has 0 aliphatic carbocycles. The van der Waals surface area contributed by atoms with Crippen molar-refractivity contribution >= 4 is 5.82 Å². The molecule has 6 heteroatoms. The molecule has 3 rings (SSSR count). The highest BCUT2D eigenvalue weighted by molar-refractivity contribution is 5.61. The lowest BCUT2D eigenvalue weighted by molar-refractivity contribution is 0.432. The van der Waals surface area contributed by atoms with Crippen LogP contribution in [-0.2, 0) is 6.42 Å². The van der Waals surface area contributed by atoms with Gasteiger partial charge in [-0.1, -0.05) is 18.1 Å². The van der Waals surface area contributed by atoms with Crippen molar-refractivity contribution in [2.24, 2.45) is 0 Å². The Morgan fingerprint density at radius 1 is 1.20 bits per heavy atom. The Kier molecular flexibility index (Phi) is 3.12. The van der Waals surface area contributed by atoms with Crippen LogP contribution in [0.25, 0.3) is 23.0 Å². The molecule has 0 amide bonds. The molecule has 3 heterocycles. The third kappa shape index (κ3) is 2.23. The van der Waals surface area contributed by atoms with E-state index in [1.165, 1.54) is 0 Å². The quantitative estimate of drug-likeness (QED) is 0.783. The molecule has 0 aliphatic heterocycles. The van der Waals surface area contributed by atoms with Gasteiger partial charge < -0.3 is 10.3 Å². The van der Waals surface area contributed by atoms with E-state index in [1.807, 2.05) is 12.1 Å². The molecular formula is C14H13N5O. The fourth-order valence-electron chi connectivity index (χ4n) is 1.94. The molecule has 0 saturated heterocycles. The number of aryl methyl sites for hydroxylation is 1. The first-order valence-electron chi connectivity index (χ1n) is 6.28. The van der Waals surface area contributed by atoms with Crippen LogP contribution >= 0.6 is 0 Å². The number of nitrogen functional groups attached to an aromatic ring is 1. The molecule has 3 aromatic heterocycles. The summed E-state index contributed by atoms with van der Waals surface area (Å²) in [6.07, 6.45) is 4.18. The lowest BCUT2D eigenvalue weighted by Gasteiger charge is -2.00. The van der Waals surface area contributed by atoms with E-state index in [1.54, 1.807) is 24.5 Å². The first kappa shape index (κ1) is 12.3. The van der Waals surface area contributed by atoms with E-state index in [4.69, 9.17) is 10.3 Å². The highest BCUT2D eigenvalue weighted by Crippen LogP contribution is 2.23. The van der Waals surface area contributed by atoms with Gasteiger partial charge in [0.15, 0.2) is 0 Å². The molecule has 0 atom stereocenters. The summed E-state index contributed by atoms with van der Waals surface area (Å²) in [5.74, 6) is 1.30. The summed E-state index contributed by atoms with van der Waals surface area (Å²) in [5, 5.41) is 3.99. The van der Waals surface area contributed by atoms with Crippen molar-refractivity contribution in [2.75, 3.05) is 5.73 Å². The Morgan fingerprint density at radius 3 is 2.90 bits per heavy atom. The minimum atomic E-state index is 0.404. The molecule has 0 radical (unpaired) electrons. The molecule has 0 spiro atoms. The molecular weight excluding hydrogens is 254 g/mol. The third-order valence-corrected chi connectivity index (χ3v) is 2.94. The molecule has 20 heavy (non-hydrogen) atoms. The molecule has 0 unspecified atom stereocenters. The van der Waals surface area contributed by atoms with Crippen molar-refractivity contribution in [1.82, 2.24) is 20.1 Å². The number of aromatic nitrogens is 4. The summed E-state index contributed by atoms with van der Waals surface area (Å²) in [7, 11) is 0. The third-order valence-electron chi connectivity index (χ3n) is 2.94. The van der Waals surface area contributed by atoms with Crippen molar-refractivity contribution < 1.29 is 4.52 Å². The van der Waals surface area contributed by atoms with E-state index in [0.29, 0.717) is 17.5 Å². The van der Waals surface area contributed by atoms with Crippen LogP contribution in [0.5, 0.6) is 0 Å². The second-order valence-electron chi connectivity index (χ2n) is 4.26. The number of rotatable bonds is 3. The molecule has 6 nitrogen and oxygen atoms in total. The molecule has 100 valence electrons. The summed E-state index contributed by atoms with van der Waals surface area (Å²) >= 11 is 0. The average molecular weight is 267 g/mol. The van der Waals surface area contributed by atoms with Crippen molar-refractivity contribution in [3.63, 3.8) is 0 Å². The van der Waals surface area contributed by atoms with E-state index in [0.717, 1.165) is 23.2 Å². The molecule has 0 saturated carbocycles. The van der Waals surface area contributed by atoms with Crippen molar-refractivity contribution in [3.05, 3.63) is 42.2 Å². The lowest BCUT2D eigenvalue weighted by atomic mass is 10.1. The summed E-state index contributed by atoms with van der Waals surface area (Å²) in [6, 6.07) is 7.36. The van der Waals surface area contributed by atoms with Gasteiger partial charge in [0.25, 0.3) is 5.89 Å². The van der Waals surface area contributed by atoms with Crippen LogP contribution in [0.15, 0.2) is 41.2 Å². The van der Waals surface area contributed by atoms with Gasteiger partial charge in [-0.3, -0.25) is 4.98 Å². The van der Waals surface area contributed by atoms with E-state index in [2.05, 4.69) is 27.0 Å². The predicted molar refractivity (Wildman–Crippen MR) is 74.6 cm³/mol. The van der Waals surface area contributed by atoms with Crippen LogP contribution in [0.4, 0.5) is 5.82 Å². The zero-order valence-corrected chi connectivity index (χ0v) is 10.9. The van der Waals surface area contributed by atoms with Crippen LogP contribution < -0.4 is 5.73 Å². The fraction of sp³-hybridized carbons (Fsp3) is 0.143. The summed E-state index contributed by atoms with van der Waals surface area (Å²) in [5.41, 5.74) is 8.21. The van der Waals surface area contributed by atoms with Gasteiger partial charge in [-0.25, -0.2) is 4.98 Å². The number of nitrogens with two attached hydrogens (primary N) is 1. The highest BCUT2D eigenvalue weighted by atomic mass is 16.5. The minimum Gasteiger partial charge on any atom is -0.384 e. The highest BCUT2D eigenvalue weighted by Gasteiger charge is 2.14. The number of hydrogen-bond donors (Lipinski definition) is 1. The second kappa shape index (κ2) is 5.08. The Labute approximate surface area is 115 Å². The van der Waals surface area contributed by atoms with Crippen molar-refractivity contribution in [3.8, 4) is 23.0 Å². The minimum absolute atomic E-state index is 0.404. The zero-order valence-electron chi connectivity index (χ0n) is 10.9. The van der Waals surface area contributed by atoms with Gasteiger partial charge in [0.2, 0.25) is 5.82 Å². The van der Waals surface area contributed by atoms with Gasteiger partial charge in [-0.2, -0.15) is 4.98 Å². The summed E-state index contributed by atoms with van der Waals surface area (Å²) < 4.78 is 5.28. The van der Waals surface area contributed by atoms with E-state index >= 15 is 0 Å². The molecule has 0 aliphatic rings. The van der Waals surface area contributed by atoms with Crippen LogP contribution in [0.3, 0.4) is 0 Å². The monoisotopic (exact) mass is 267 g/mol. The second-order valence-corrected chi connectivity index (χ2v) is 4.26. The van der Waals surface area contributed by atoms with Gasteiger partial charge in [0, 0.05) is 18.0 Å². The Balaban J connectivity index is 2.02. The van der Waals surface area contributed by atoms with Gasteiger partial charge >= 0.3 is 0 Å². The Morgan fingerprint density at radius 2 is 2.10 bits per heavy atom. The summed E-state index contributed by atoms with van der Waals surface area (Å²) in [4.78, 5) is 12.6. The number of nitrogens with zero attached hydrogens (tertiary/aromatic N) is 4. The maximum atomic E-state index is 5.65. The van der Waals surface area contributed by atoms with Crippen LogP contribution in [0, 0.1) is 0 Å². The SMILES string of the molecule is CCc1cccnc1-c1noc(-c2ccnc(N)c2)n1. The van der Waals surface area contributed by atoms with Crippen LogP contribution in [-0.4, -0.2) is 20.1 Å². The van der Waals surface area contributed by atoms with E-state index in [9.17, 15) is 0 Å². The summed E-state index contributed by atoms with van der Waals surface area (Å²) in [6.45, 7) is 2.06. The molecule has 0 fully saturated rings. The first-order valence-corrected chi connectivity index (χ1v) is 6.28. The molecule has 3 aromatic rings. The maximum Gasteiger partial charge on any atom is 0.258 e. The van der Waals surface area contributed by atoms with Crippen molar-refractivity contribution in [2.45, 2.75) is 13.3 Å².